The van der Waals surface area contributed by atoms with E-state index in [0.29, 0.717) is 0 Å². The molecule has 0 atom stereocenters. The molecule has 0 amide bonds. The Morgan fingerprint density at radius 1 is 0.571 bits per heavy atom. The summed E-state index contributed by atoms with van der Waals surface area (Å²) >= 11 is 0. The van der Waals surface area contributed by atoms with E-state index in [1.807, 2.05) is 60.4 Å². The fourth-order valence-corrected chi connectivity index (χ4v) is 15.4. The maximum atomic E-state index is 11.1. The Morgan fingerprint density at radius 2 is 0.821 bits per heavy atom. The summed E-state index contributed by atoms with van der Waals surface area (Å²) in [5, 5.41) is -2.50. The minimum Gasteiger partial charge on any atom is -0.433 e. The Kier molecular flexibility index (Phi) is 8.21. The summed E-state index contributed by atoms with van der Waals surface area (Å²) < 4.78 is 13.3. The van der Waals surface area contributed by atoms with Gasteiger partial charge in [0.05, 0.1) is 10.3 Å². The number of hydrogen-bond donors (Lipinski definition) is 0. The zero-order valence-electron chi connectivity index (χ0n) is 18.9. The minimum absolute atomic E-state index is 0.768. The number of hydrogen-bond acceptors (Lipinski definition) is 8. The molecule has 0 rings (SSSR count). The minimum atomic E-state index is -3.23. The lowest BCUT2D eigenvalue weighted by Gasteiger charge is -2.50. The summed E-state index contributed by atoms with van der Waals surface area (Å²) in [7, 11) is -8.57. The van der Waals surface area contributed by atoms with E-state index in [0.717, 1.165) is 0 Å². The Morgan fingerprint density at radius 3 is 1.07 bits per heavy atom. The number of rotatable bonds is 10. The molecule has 0 aromatic rings. The van der Waals surface area contributed by atoms with E-state index in [-0.39, 0.29) is 0 Å². The smallest absolute Gasteiger partial charge is 0.343 e. The third kappa shape index (κ3) is 5.62. The Hall–Kier alpha value is -1.29. The first-order valence-corrected chi connectivity index (χ1v) is 17.2. The summed E-state index contributed by atoms with van der Waals surface area (Å²) in [4.78, 5) is 44.8. The van der Waals surface area contributed by atoms with Gasteiger partial charge in [-0.2, -0.15) is 4.99 Å². The van der Waals surface area contributed by atoms with E-state index in [1.54, 1.807) is 32.1 Å². The second-order valence-electron chi connectivity index (χ2n) is 9.46. The van der Waals surface area contributed by atoms with E-state index in [9.17, 15) is 14.4 Å². The fourth-order valence-electron chi connectivity index (χ4n) is 2.21. The van der Waals surface area contributed by atoms with Crippen LogP contribution in [0.3, 0.4) is 0 Å². The highest BCUT2D eigenvalue weighted by atomic mass is 28.5. The molecule has 11 heteroatoms. The molecule has 0 aliphatic heterocycles. The van der Waals surface area contributed by atoms with Crippen molar-refractivity contribution in [2.45, 2.75) is 89.8 Å². The van der Waals surface area contributed by atoms with Crippen LogP contribution < -0.4 is 0 Å². The average molecular weight is 444 g/mol. The zero-order chi connectivity index (χ0) is 22.7. The molecule has 8 nitrogen and oxygen atoms in total. The van der Waals surface area contributed by atoms with Gasteiger partial charge in [0.1, 0.15) is 5.16 Å². The van der Waals surface area contributed by atoms with Crippen LogP contribution in [0.2, 0.25) is 32.7 Å². The standard InChI is InChI=1S/C17H33N3O5Si3/c1-15(2,18-12-21)26(7,8)24-28(11,17(5,6)20-14-23)25-27(9,10)16(3,4)19-13-22/h1-11H3. The van der Waals surface area contributed by atoms with Crippen LogP contribution in [0.25, 0.3) is 0 Å². The van der Waals surface area contributed by atoms with Gasteiger partial charge in [-0.05, 0) is 74.3 Å². The molecule has 0 radical (unpaired) electrons. The highest BCUT2D eigenvalue weighted by molar-refractivity contribution is 6.91. The lowest BCUT2D eigenvalue weighted by atomic mass is 10.4. The normalized spacial score (nSPS) is 15.5. The Bertz CT molecular complexity index is 686. The van der Waals surface area contributed by atoms with Crippen molar-refractivity contribution in [1.82, 2.24) is 0 Å². The van der Waals surface area contributed by atoms with Crippen molar-refractivity contribution < 1.29 is 22.6 Å². The molecule has 0 bridgehead atoms. The number of carbonyl (C=O) groups excluding carboxylic acids is 3. The summed E-state index contributed by atoms with van der Waals surface area (Å²) in [6, 6.07) is 0. The topological polar surface area (TPSA) is 107 Å². The van der Waals surface area contributed by atoms with Crippen molar-refractivity contribution in [3.8, 4) is 0 Å². The third-order valence-electron chi connectivity index (χ3n) is 5.93. The average Bonchev–Trinajstić information content (AvgIpc) is 2.45. The molecule has 0 aromatic carbocycles. The predicted octanol–water partition coefficient (Wildman–Crippen LogP) is 3.46. The second kappa shape index (κ2) is 8.61. The molecule has 0 spiro atoms. The quantitative estimate of drug-likeness (QED) is 0.292. The molecule has 0 saturated heterocycles. The van der Waals surface area contributed by atoms with Crippen LogP contribution in [-0.4, -0.2) is 58.9 Å². The van der Waals surface area contributed by atoms with E-state index < -0.39 is 40.7 Å². The van der Waals surface area contributed by atoms with Crippen molar-refractivity contribution in [2.24, 2.45) is 15.0 Å². The van der Waals surface area contributed by atoms with Crippen LogP contribution in [-0.2, 0) is 22.6 Å². The maximum Gasteiger partial charge on any atom is 0.343 e. The van der Waals surface area contributed by atoms with Crippen LogP contribution in [0, 0.1) is 0 Å². The van der Waals surface area contributed by atoms with Gasteiger partial charge in [0.2, 0.25) is 34.9 Å². The van der Waals surface area contributed by atoms with Crippen LogP contribution in [0.4, 0.5) is 0 Å². The number of isocyanates is 3. The van der Waals surface area contributed by atoms with Gasteiger partial charge < -0.3 is 8.23 Å². The van der Waals surface area contributed by atoms with Gasteiger partial charge in [0.25, 0.3) is 0 Å². The van der Waals surface area contributed by atoms with Crippen molar-refractivity contribution in [3.05, 3.63) is 0 Å². The predicted molar refractivity (Wildman–Crippen MR) is 115 cm³/mol. The molecule has 0 aliphatic carbocycles. The summed E-state index contributed by atoms with van der Waals surface area (Å²) in [5.74, 6) is 0. The summed E-state index contributed by atoms with van der Waals surface area (Å²) in [6.07, 6.45) is 4.87. The summed E-state index contributed by atoms with van der Waals surface area (Å²) in [5.41, 5.74) is 0. The highest BCUT2D eigenvalue weighted by Crippen LogP contribution is 2.38. The van der Waals surface area contributed by atoms with Crippen molar-refractivity contribution >= 4 is 43.4 Å². The van der Waals surface area contributed by atoms with Crippen LogP contribution in [0.1, 0.15) is 41.5 Å². The second-order valence-corrected chi connectivity index (χ2v) is 22.7. The molecule has 0 fully saturated rings. The lowest BCUT2D eigenvalue weighted by molar-refractivity contribution is 0.312. The number of nitrogens with zero attached hydrogens (tertiary/aromatic N) is 3. The largest absolute Gasteiger partial charge is 0.433 e. The number of aliphatic imine (C=N–C) groups is 3. The Labute approximate surface area is 171 Å². The van der Waals surface area contributed by atoms with Crippen LogP contribution >= 0.6 is 0 Å². The first-order valence-electron chi connectivity index (χ1n) is 9.02. The molecule has 28 heavy (non-hydrogen) atoms. The fraction of sp³-hybridized carbons (Fsp3) is 0.824. The van der Waals surface area contributed by atoms with Gasteiger partial charge >= 0.3 is 8.56 Å². The zero-order valence-corrected chi connectivity index (χ0v) is 21.9. The maximum absolute atomic E-state index is 11.1. The van der Waals surface area contributed by atoms with E-state index >= 15 is 0 Å². The molecule has 158 valence electrons. The van der Waals surface area contributed by atoms with Gasteiger partial charge in [-0.1, -0.05) is 0 Å². The van der Waals surface area contributed by atoms with E-state index in [1.165, 1.54) is 0 Å². The van der Waals surface area contributed by atoms with Gasteiger partial charge in [-0.25, -0.2) is 24.4 Å². The van der Waals surface area contributed by atoms with E-state index in [2.05, 4.69) is 15.0 Å². The monoisotopic (exact) mass is 443 g/mol. The molecule has 0 N–H and O–H groups in total. The summed E-state index contributed by atoms with van der Waals surface area (Å²) in [6.45, 7) is 20.4. The molecule has 0 saturated carbocycles. The van der Waals surface area contributed by atoms with E-state index in [4.69, 9.17) is 8.23 Å². The van der Waals surface area contributed by atoms with Gasteiger partial charge in [-0.3, -0.25) is 0 Å². The molecule has 0 aromatic heterocycles. The molecule has 0 aliphatic rings. The Balaban J connectivity index is 6.47. The van der Waals surface area contributed by atoms with Crippen LogP contribution in [0.5, 0.6) is 0 Å². The van der Waals surface area contributed by atoms with Crippen molar-refractivity contribution in [1.29, 1.82) is 0 Å². The van der Waals surface area contributed by atoms with Gasteiger partial charge in [0.15, 0.2) is 0 Å². The van der Waals surface area contributed by atoms with Gasteiger partial charge in [-0.15, -0.1) is 0 Å². The SMILES string of the molecule is CC(C)(N=C=O)[Si](C)(C)O[Si](C)(O[Si](C)(C)C(C)(C)N=C=O)C(C)(C)N=C=O. The van der Waals surface area contributed by atoms with Crippen molar-refractivity contribution in [3.63, 3.8) is 0 Å². The van der Waals surface area contributed by atoms with Crippen molar-refractivity contribution in [2.75, 3.05) is 0 Å². The molecular weight excluding hydrogens is 410 g/mol. The highest BCUT2D eigenvalue weighted by Gasteiger charge is 2.59. The first-order chi connectivity index (χ1) is 12.3. The lowest BCUT2D eigenvalue weighted by Crippen LogP contribution is -2.70. The first kappa shape index (κ1) is 26.7. The molecule has 0 unspecified atom stereocenters. The molecule has 0 heterocycles. The van der Waals surface area contributed by atoms with Crippen LogP contribution in [0.15, 0.2) is 15.0 Å². The third-order valence-corrected chi connectivity index (χ3v) is 21.6. The van der Waals surface area contributed by atoms with Gasteiger partial charge in [0, 0.05) is 0 Å². The molecular formula is C17H33N3O5Si3.